The first-order valence-electron chi connectivity index (χ1n) is 24.3. The predicted octanol–water partition coefficient (Wildman–Crippen LogP) is 10.2. The van der Waals surface area contributed by atoms with Gasteiger partial charge >= 0.3 is 0 Å². The van der Waals surface area contributed by atoms with Crippen LogP contribution in [0, 0.1) is 11.8 Å². The molecule has 0 saturated heterocycles. The van der Waals surface area contributed by atoms with Crippen LogP contribution in [0.5, 0.6) is 0 Å². The molecule has 0 saturated carbocycles. The van der Waals surface area contributed by atoms with Gasteiger partial charge in [-0.1, -0.05) is 195 Å². The Balaban J connectivity index is 4.06. The fraction of sp³-hybridized carbons (Fsp3) is 1.00. The van der Waals surface area contributed by atoms with Gasteiger partial charge in [-0.15, -0.1) is 0 Å². The number of aliphatic hydroxyl groups excluding tert-OH is 6. The van der Waals surface area contributed by atoms with Gasteiger partial charge in [0.15, 0.2) is 0 Å². The molecule has 0 aliphatic heterocycles. The van der Waals surface area contributed by atoms with Gasteiger partial charge in [0.05, 0.1) is 50.8 Å². The number of hydrogen-bond donors (Lipinski definition) is 6. The van der Waals surface area contributed by atoms with Crippen molar-refractivity contribution in [3.63, 3.8) is 0 Å². The van der Waals surface area contributed by atoms with E-state index in [2.05, 4.69) is 27.7 Å². The number of unbranched alkanes of at least 4 members (excludes halogenated alkanes) is 24. The second-order valence-electron chi connectivity index (χ2n) is 18.2. The molecule has 9 nitrogen and oxygen atoms in total. The Labute approximate surface area is 352 Å². The Kier molecular flexibility index (Phi) is 42.1. The van der Waals surface area contributed by atoms with Crippen LogP contribution in [0.1, 0.15) is 220 Å². The van der Waals surface area contributed by atoms with E-state index in [1.165, 1.54) is 154 Å². The van der Waals surface area contributed by atoms with Crippen molar-refractivity contribution < 1.29 is 44.8 Å². The summed E-state index contributed by atoms with van der Waals surface area (Å²) in [4.78, 5) is 0. The molecule has 57 heavy (non-hydrogen) atoms. The fourth-order valence-corrected chi connectivity index (χ4v) is 7.58. The van der Waals surface area contributed by atoms with E-state index in [0.29, 0.717) is 13.2 Å². The molecule has 0 bridgehead atoms. The number of rotatable bonds is 46. The molecular formula is C48H98O9. The van der Waals surface area contributed by atoms with Gasteiger partial charge in [0, 0.05) is 26.1 Å². The van der Waals surface area contributed by atoms with Gasteiger partial charge in [0.2, 0.25) is 0 Å². The standard InChI is InChI=1S/C48H98O9/c1-41(2)31-27-23-19-15-11-7-5-9-13-17-21-25-29-33-55-39-43(51)35-47(45(53)37-49)57-48(46(54)38-50)36-44(52)40-56-34-30-26-22-18-14-10-6-8-12-16-20-24-28-32-42(3)4/h41-54H,5-40H2,1-4H3. The molecule has 6 atom stereocenters. The lowest BCUT2D eigenvalue weighted by Gasteiger charge is -2.32. The summed E-state index contributed by atoms with van der Waals surface area (Å²) in [5.74, 6) is 1.67. The maximum Gasteiger partial charge on any atom is 0.103 e. The first kappa shape index (κ1) is 56.6. The Morgan fingerprint density at radius 2 is 0.596 bits per heavy atom. The number of ether oxygens (including phenoxy) is 3. The summed E-state index contributed by atoms with van der Waals surface area (Å²) in [6.07, 6.45) is 29.5. The van der Waals surface area contributed by atoms with Crippen LogP contribution < -0.4 is 0 Å². The minimum atomic E-state index is -1.31. The summed E-state index contributed by atoms with van der Waals surface area (Å²) in [5.41, 5.74) is 0. The molecule has 6 unspecified atom stereocenters. The molecule has 0 fully saturated rings. The van der Waals surface area contributed by atoms with Crippen LogP contribution in [0.4, 0.5) is 0 Å². The molecule has 0 rings (SSSR count). The minimum Gasteiger partial charge on any atom is -0.394 e. The molecule has 344 valence electrons. The van der Waals surface area contributed by atoms with E-state index in [9.17, 15) is 30.6 Å². The highest BCUT2D eigenvalue weighted by atomic mass is 16.5. The lowest BCUT2D eigenvalue weighted by atomic mass is 10.0. The Bertz CT molecular complexity index is 723. The zero-order chi connectivity index (χ0) is 42.2. The van der Waals surface area contributed by atoms with E-state index in [-0.39, 0.29) is 26.1 Å². The third-order valence-corrected chi connectivity index (χ3v) is 11.4. The highest BCUT2D eigenvalue weighted by Crippen LogP contribution is 2.19. The van der Waals surface area contributed by atoms with E-state index in [4.69, 9.17) is 14.2 Å². The quantitative estimate of drug-likeness (QED) is 0.0330. The first-order chi connectivity index (χ1) is 27.6. The first-order valence-corrected chi connectivity index (χ1v) is 24.3. The molecular weight excluding hydrogens is 721 g/mol. The molecule has 0 heterocycles. The number of aliphatic hydroxyl groups is 6. The zero-order valence-electron chi connectivity index (χ0n) is 38.0. The van der Waals surface area contributed by atoms with Gasteiger partial charge < -0.3 is 44.8 Å². The molecule has 0 amide bonds. The normalized spacial score (nSPS) is 15.4. The number of hydrogen-bond acceptors (Lipinski definition) is 9. The zero-order valence-corrected chi connectivity index (χ0v) is 38.0. The van der Waals surface area contributed by atoms with E-state index in [0.717, 1.165) is 37.5 Å². The van der Waals surface area contributed by atoms with Crippen molar-refractivity contribution >= 4 is 0 Å². The van der Waals surface area contributed by atoms with E-state index < -0.39 is 49.8 Å². The van der Waals surface area contributed by atoms with Crippen LogP contribution >= 0.6 is 0 Å². The molecule has 9 heteroatoms. The van der Waals surface area contributed by atoms with Crippen LogP contribution in [-0.4, -0.2) is 107 Å². The van der Waals surface area contributed by atoms with Gasteiger partial charge in [0.1, 0.15) is 12.2 Å². The maximum absolute atomic E-state index is 10.6. The Morgan fingerprint density at radius 1 is 0.351 bits per heavy atom. The molecule has 0 aliphatic rings. The van der Waals surface area contributed by atoms with Crippen molar-refractivity contribution in [3.05, 3.63) is 0 Å². The Hall–Kier alpha value is -0.360. The fourth-order valence-electron chi connectivity index (χ4n) is 7.58. The van der Waals surface area contributed by atoms with E-state index >= 15 is 0 Å². The third-order valence-electron chi connectivity index (χ3n) is 11.4. The van der Waals surface area contributed by atoms with Crippen LogP contribution in [0.3, 0.4) is 0 Å². The molecule has 0 aromatic carbocycles. The summed E-state index contributed by atoms with van der Waals surface area (Å²) in [6, 6.07) is 0. The van der Waals surface area contributed by atoms with E-state index in [1.54, 1.807) is 0 Å². The SMILES string of the molecule is CC(C)CCCCCCCCCCCCCCCOCC(O)CC(OC(CC(O)COCCCCCCCCCCCCCCCC(C)C)C(O)CO)C(O)CO. The average Bonchev–Trinajstić information content (AvgIpc) is 3.18. The van der Waals surface area contributed by atoms with Crippen molar-refractivity contribution in [2.75, 3.05) is 39.6 Å². The molecule has 0 aromatic rings. The third kappa shape index (κ3) is 39.5. The van der Waals surface area contributed by atoms with Crippen LogP contribution in [-0.2, 0) is 14.2 Å². The predicted molar refractivity (Wildman–Crippen MR) is 237 cm³/mol. The lowest BCUT2D eigenvalue weighted by molar-refractivity contribution is -0.156. The Morgan fingerprint density at radius 3 is 0.842 bits per heavy atom. The van der Waals surface area contributed by atoms with Gasteiger partial charge in [-0.25, -0.2) is 0 Å². The van der Waals surface area contributed by atoms with Crippen molar-refractivity contribution in [3.8, 4) is 0 Å². The van der Waals surface area contributed by atoms with Crippen molar-refractivity contribution in [2.45, 2.75) is 257 Å². The van der Waals surface area contributed by atoms with Crippen molar-refractivity contribution in [1.29, 1.82) is 0 Å². The van der Waals surface area contributed by atoms with Gasteiger partial charge in [-0.2, -0.15) is 0 Å². The van der Waals surface area contributed by atoms with Crippen molar-refractivity contribution in [2.24, 2.45) is 11.8 Å². The molecule has 0 radical (unpaired) electrons. The highest BCUT2D eigenvalue weighted by molar-refractivity contribution is 4.79. The largest absolute Gasteiger partial charge is 0.394 e. The molecule has 0 aliphatic carbocycles. The average molecular weight is 819 g/mol. The summed E-state index contributed by atoms with van der Waals surface area (Å²) < 4.78 is 17.3. The second kappa shape index (κ2) is 42.3. The smallest absolute Gasteiger partial charge is 0.103 e. The molecule has 0 aromatic heterocycles. The summed E-state index contributed by atoms with van der Waals surface area (Å²) >= 11 is 0. The minimum absolute atomic E-state index is 0.0280. The summed E-state index contributed by atoms with van der Waals surface area (Å²) in [7, 11) is 0. The van der Waals surface area contributed by atoms with Gasteiger partial charge in [0.25, 0.3) is 0 Å². The van der Waals surface area contributed by atoms with Gasteiger partial charge in [-0.3, -0.25) is 0 Å². The van der Waals surface area contributed by atoms with Crippen LogP contribution in [0.25, 0.3) is 0 Å². The summed E-state index contributed by atoms with van der Waals surface area (Å²) in [6.45, 7) is 9.26. The maximum atomic E-state index is 10.6. The monoisotopic (exact) mass is 819 g/mol. The second-order valence-corrected chi connectivity index (χ2v) is 18.2. The lowest BCUT2D eigenvalue weighted by Crippen LogP contribution is -2.44. The topological polar surface area (TPSA) is 149 Å². The summed E-state index contributed by atoms with van der Waals surface area (Å²) in [5, 5.41) is 61.4. The highest BCUT2D eigenvalue weighted by Gasteiger charge is 2.31. The van der Waals surface area contributed by atoms with Crippen LogP contribution in [0.2, 0.25) is 0 Å². The van der Waals surface area contributed by atoms with Crippen molar-refractivity contribution in [1.82, 2.24) is 0 Å². The molecule has 0 spiro atoms. The van der Waals surface area contributed by atoms with E-state index in [1.807, 2.05) is 0 Å². The van der Waals surface area contributed by atoms with Crippen LogP contribution in [0.15, 0.2) is 0 Å². The van der Waals surface area contributed by atoms with Gasteiger partial charge in [-0.05, 0) is 24.7 Å². The molecule has 6 N–H and O–H groups in total.